The van der Waals surface area contributed by atoms with Crippen LogP contribution in [0.2, 0.25) is 5.02 Å². The van der Waals surface area contributed by atoms with E-state index < -0.39 is 0 Å². The average molecular weight is 332 g/mol. The minimum atomic E-state index is -0.211. The molecule has 3 saturated heterocycles. The van der Waals surface area contributed by atoms with E-state index in [4.69, 9.17) is 16.3 Å². The van der Waals surface area contributed by atoms with Crippen molar-refractivity contribution in [1.29, 1.82) is 0 Å². The molecule has 0 N–H and O–H groups in total. The summed E-state index contributed by atoms with van der Waals surface area (Å²) in [6.45, 7) is 6.02. The van der Waals surface area contributed by atoms with E-state index in [2.05, 4.69) is 11.0 Å². The Morgan fingerprint density at radius 2 is 1.96 bits per heavy atom. The number of piperidine rings is 3. The van der Waals surface area contributed by atoms with E-state index >= 15 is 0 Å². The fourth-order valence-corrected chi connectivity index (χ4v) is 4.58. The Morgan fingerprint density at radius 1 is 1.26 bits per heavy atom. The van der Waals surface area contributed by atoms with Crippen molar-refractivity contribution in [1.82, 2.24) is 4.90 Å². The third-order valence-electron chi connectivity index (χ3n) is 5.72. The molecule has 122 valence electrons. The number of carbonyl (C=O) groups excluding carboxylic acids is 1. The van der Waals surface area contributed by atoms with E-state index in [9.17, 15) is 4.79 Å². The summed E-state index contributed by atoms with van der Waals surface area (Å²) >= 11 is 6.37. The first-order valence-corrected chi connectivity index (χ1v) is 8.83. The van der Waals surface area contributed by atoms with E-state index in [1.54, 1.807) is 0 Å². The molecule has 4 aliphatic rings. The molecule has 0 spiro atoms. The van der Waals surface area contributed by atoms with Crippen LogP contribution >= 0.6 is 11.6 Å². The van der Waals surface area contributed by atoms with Gasteiger partial charge in [0.05, 0.1) is 12.2 Å². The number of esters is 1. The van der Waals surface area contributed by atoms with Crippen LogP contribution in [0.25, 0.3) is 5.57 Å². The zero-order chi connectivity index (χ0) is 16.0. The van der Waals surface area contributed by atoms with Crippen molar-refractivity contribution in [2.45, 2.75) is 32.6 Å². The van der Waals surface area contributed by atoms with Crippen molar-refractivity contribution < 1.29 is 9.53 Å². The second kappa shape index (κ2) is 5.64. The van der Waals surface area contributed by atoms with E-state index in [0.29, 0.717) is 17.2 Å². The van der Waals surface area contributed by atoms with Crippen LogP contribution in [-0.2, 0) is 16.0 Å². The van der Waals surface area contributed by atoms with Crippen molar-refractivity contribution in [3.8, 4) is 0 Å². The van der Waals surface area contributed by atoms with Gasteiger partial charge in [-0.1, -0.05) is 23.7 Å². The SMILES string of the molecule is Cc1cc(Cl)c2c(c1)CC=C2C(=O)OCC12CCN(CC1)CC2. The number of nitrogens with zero attached hydrogens (tertiary/aromatic N) is 1. The molecule has 0 amide bonds. The third-order valence-corrected chi connectivity index (χ3v) is 6.01. The molecule has 1 aromatic carbocycles. The standard InChI is InChI=1S/C19H22ClNO2/c1-13-10-14-2-3-15(17(14)16(20)11-13)18(22)23-12-19-4-7-21(8-5-19)9-6-19/h3,10-11H,2,4-9,12H2,1H3. The Kier molecular flexibility index (Phi) is 3.73. The zero-order valence-electron chi connectivity index (χ0n) is 13.5. The summed E-state index contributed by atoms with van der Waals surface area (Å²) in [6.07, 6.45) is 6.17. The number of fused-ring (bicyclic) bond motifs is 4. The number of rotatable bonds is 3. The smallest absolute Gasteiger partial charge is 0.338 e. The molecule has 3 heterocycles. The first-order valence-electron chi connectivity index (χ1n) is 8.45. The summed E-state index contributed by atoms with van der Waals surface area (Å²) < 4.78 is 5.74. The number of aryl methyl sites for hydroxylation is 1. The van der Waals surface area contributed by atoms with Crippen molar-refractivity contribution in [3.05, 3.63) is 39.9 Å². The number of allylic oxidation sites excluding steroid dienone is 1. The molecule has 0 radical (unpaired) electrons. The molecule has 0 aromatic heterocycles. The molecule has 5 rings (SSSR count). The van der Waals surface area contributed by atoms with Gasteiger partial charge < -0.3 is 9.64 Å². The molecule has 3 nitrogen and oxygen atoms in total. The van der Waals surface area contributed by atoms with E-state index in [0.717, 1.165) is 62.0 Å². The van der Waals surface area contributed by atoms with Crippen molar-refractivity contribution >= 4 is 23.1 Å². The maximum atomic E-state index is 12.6. The van der Waals surface area contributed by atoms with Gasteiger partial charge in [-0.25, -0.2) is 4.79 Å². The van der Waals surface area contributed by atoms with Crippen LogP contribution in [0.3, 0.4) is 0 Å². The maximum absolute atomic E-state index is 12.6. The minimum absolute atomic E-state index is 0.211. The Bertz CT molecular complexity index is 673. The third kappa shape index (κ3) is 2.70. The van der Waals surface area contributed by atoms with Gasteiger partial charge in [0.2, 0.25) is 0 Å². The summed E-state index contributed by atoms with van der Waals surface area (Å²) in [7, 11) is 0. The lowest BCUT2D eigenvalue weighted by Gasteiger charge is -2.47. The number of ether oxygens (including phenoxy) is 1. The largest absolute Gasteiger partial charge is 0.461 e. The van der Waals surface area contributed by atoms with Crippen LogP contribution in [0.1, 0.15) is 36.0 Å². The van der Waals surface area contributed by atoms with Crippen LogP contribution in [-0.4, -0.2) is 37.1 Å². The highest BCUT2D eigenvalue weighted by atomic mass is 35.5. The van der Waals surface area contributed by atoms with Crippen LogP contribution in [0.5, 0.6) is 0 Å². The van der Waals surface area contributed by atoms with E-state index in [1.807, 2.05) is 19.1 Å². The van der Waals surface area contributed by atoms with Crippen LogP contribution in [0.15, 0.2) is 18.2 Å². The Labute approximate surface area is 142 Å². The van der Waals surface area contributed by atoms with E-state index in [-0.39, 0.29) is 11.4 Å². The molecule has 0 atom stereocenters. The topological polar surface area (TPSA) is 29.5 Å². The van der Waals surface area contributed by atoms with Crippen molar-refractivity contribution in [3.63, 3.8) is 0 Å². The second-order valence-corrected chi connectivity index (χ2v) is 7.68. The molecule has 1 aromatic rings. The number of halogens is 1. The highest BCUT2D eigenvalue weighted by molar-refractivity contribution is 6.35. The zero-order valence-corrected chi connectivity index (χ0v) is 14.3. The van der Waals surface area contributed by atoms with Gasteiger partial charge in [0.25, 0.3) is 0 Å². The molecule has 3 fully saturated rings. The summed E-state index contributed by atoms with van der Waals surface area (Å²) in [5.41, 5.74) is 3.99. The molecular weight excluding hydrogens is 310 g/mol. The van der Waals surface area contributed by atoms with Crippen LogP contribution < -0.4 is 0 Å². The van der Waals surface area contributed by atoms with Crippen molar-refractivity contribution in [2.75, 3.05) is 26.2 Å². The van der Waals surface area contributed by atoms with Crippen molar-refractivity contribution in [2.24, 2.45) is 5.41 Å². The van der Waals surface area contributed by atoms with Gasteiger partial charge in [0.15, 0.2) is 0 Å². The lowest BCUT2D eigenvalue weighted by Crippen LogP contribution is -2.50. The van der Waals surface area contributed by atoms with Gasteiger partial charge in [0, 0.05) is 16.0 Å². The van der Waals surface area contributed by atoms with E-state index in [1.165, 1.54) is 0 Å². The predicted octanol–water partition coefficient (Wildman–Crippen LogP) is 3.62. The van der Waals surface area contributed by atoms with Gasteiger partial charge >= 0.3 is 5.97 Å². The molecule has 4 heteroatoms. The number of hydrogen-bond acceptors (Lipinski definition) is 3. The minimum Gasteiger partial charge on any atom is -0.461 e. The number of benzene rings is 1. The Balaban J connectivity index is 1.47. The molecular formula is C19H22ClNO2. The van der Waals surface area contributed by atoms with Gasteiger partial charge in [-0.15, -0.1) is 0 Å². The molecule has 3 aliphatic heterocycles. The van der Waals surface area contributed by atoms with Gasteiger partial charge in [-0.05, 0) is 69.4 Å². The van der Waals surface area contributed by atoms with Crippen LogP contribution in [0, 0.1) is 12.3 Å². The predicted molar refractivity (Wildman–Crippen MR) is 91.6 cm³/mol. The van der Waals surface area contributed by atoms with Crippen LogP contribution in [0.4, 0.5) is 0 Å². The fraction of sp³-hybridized carbons (Fsp3) is 0.526. The highest BCUT2D eigenvalue weighted by Gasteiger charge is 2.40. The summed E-state index contributed by atoms with van der Waals surface area (Å²) in [5, 5.41) is 0.657. The lowest BCUT2D eigenvalue weighted by atomic mass is 9.73. The highest BCUT2D eigenvalue weighted by Crippen LogP contribution is 2.41. The quantitative estimate of drug-likeness (QED) is 0.792. The summed E-state index contributed by atoms with van der Waals surface area (Å²) in [4.78, 5) is 15.1. The summed E-state index contributed by atoms with van der Waals surface area (Å²) in [6, 6.07) is 4.02. The Hall–Kier alpha value is -1.32. The molecule has 0 unspecified atom stereocenters. The number of carbonyl (C=O) groups is 1. The molecule has 1 aliphatic carbocycles. The number of hydrogen-bond donors (Lipinski definition) is 0. The Morgan fingerprint density at radius 3 is 2.65 bits per heavy atom. The molecule has 23 heavy (non-hydrogen) atoms. The van der Waals surface area contributed by atoms with Gasteiger partial charge in [0.1, 0.15) is 0 Å². The van der Waals surface area contributed by atoms with Gasteiger partial charge in [-0.3, -0.25) is 0 Å². The average Bonchev–Trinajstić information content (AvgIpc) is 2.98. The summed E-state index contributed by atoms with van der Waals surface area (Å²) in [5.74, 6) is -0.211. The molecule has 0 saturated carbocycles. The normalized spacial score (nSPS) is 28.4. The second-order valence-electron chi connectivity index (χ2n) is 7.27. The molecule has 2 bridgehead atoms. The maximum Gasteiger partial charge on any atom is 0.338 e. The first kappa shape index (κ1) is 15.2. The fourth-order valence-electron chi connectivity index (χ4n) is 4.19. The lowest BCUT2D eigenvalue weighted by molar-refractivity contribution is -0.143. The first-order chi connectivity index (χ1) is 11.1. The van der Waals surface area contributed by atoms with Gasteiger partial charge in [-0.2, -0.15) is 0 Å². The monoisotopic (exact) mass is 331 g/mol.